The van der Waals surface area contributed by atoms with Crippen LogP contribution in [0, 0.1) is 34.5 Å². The molecule has 0 radical (unpaired) electrons. The monoisotopic (exact) mass is 493 g/mol. The highest BCUT2D eigenvalue weighted by molar-refractivity contribution is 5.43. The van der Waals surface area contributed by atoms with Crippen LogP contribution >= 0.6 is 0 Å². The van der Waals surface area contributed by atoms with E-state index in [4.69, 9.17) is 33.2 Å². The molecule has 13 unspecified atom stereocenters. The summed E-state index contributed by atoms with van der Waals surface area (Å²) < 4.78 is 45.7. The SMILES string of the molecule is CCN1CC2(COC)CCC(OC)C34C5CC6C(OC)CC7(OCOC7(C(OC)C23)C14)C5C6OC. The predicted molar refractivity (Wildman–Crippen MR) is 126 cm³/mol. The van der Waals surface area contributed by atoms with Crippen LogP contribution in [0.1, 0.15) is 32.6 Å². The van der Waals surface area contributed by atoms with Crippen LogP contribution in [0.5, 0.6) is 0 Å². The Morgan fingerprint density at radius 1 is 1.00 bits per heavy atom. The molecule has 0 N–H and O–H groups in total. The van der Waals surface area contributed by atoms with Crippen molar-refractivity contribution in [2.75, 3.05) is 62.0 Å². The summed E-state index contributed by atoms with van der Waals surface area (Å²) in [6.45, 7) is 5.29. The minimum Gasteiger partial charge on any atom is -0.384 e. The number of ether oxygens (including phenoxy) is 7. The Kier molecular flexibility index (Phi) is 5.18. The van der Waals surface area contributed by atoms with Crippen molar-refractivity contribution in [1.82, 2.24) is 4.90 Å². The predicted octanol–water partition coefficient (Wildman–Crippen LogP) is 1.94. The second-order valence-corrected chi connectivity index (χ2v) is 12.5. The number of methoxy groups -OCH3 is 5. The fourth-order valence-electron chi connectivity index (χ4n) is 12.0. The number of nitrogens with zero attached hydrogens (tertiary/aromatic N) is 1. The van der Waals surface area contributed by atoms with Crippen LogP contribution in [0.3, 0.4) is 0 Å². The molecule has 8 heteroatoms. The third-order valence-electron chi connectivity index (χ3n) is 12.3. The van der Waals surface area contributed by atoms with Crippen molar-refractivity contribution in [1.29, 1.82) is 0 Å². The van der Waals surface area contributed by atoms with Gasteiger partial charge in [0.05, 0.1) is 37.1 Å². The molecule has 35 heavy (non-hydrogen) atoms. The second kappa shape index (κ2) is 7.63. The number of rotatable bonds is 7. The lowest BCUT2D eigenvalue weighted by molar-refractivity contribution is -0.287. The number of likely N-dealkylation sites (N-methyl/N-ethyl adjacent to an activating group) is 1. The van der Waals surface area contributed by atoms with E-state index in [0.29, 0.717) is 18.6 Å². The topological polar surface area (TPSA) is 67.9 Å². The second-order valence-electron chi connectivity index (χ2n) is 12.5. The number of hydrogen-bond donors (Lipinski definition) is 0. The average Bonchev–Trinajstić information content (AvgIpc) is 3.45. The molecule has 13 atom stereocenters. The molecule has 198 valence electrons. The fraction of sp³-hybridized carbons (Fsp3) is 1.00. The zero-order valence-electron chi connectivity index (χ0n) is 22.2. The molecule has 0 aromatic carbocycles. The summed E-state index contributed by atoms with van der Waals surface area (Å²) in [5.41, 5.74) is -1.22. The van der Waals surface area contributed by atoms with Crippen molar-refractivity contribution in [3.05, 3.63) is 0 Å². The van der Waals surface area contributed by atoms with Crippen molar-refractivity contribution in [3.63, 3.8) is 0 Å². The smallest absolute Gasteiger partial charge is 0.148 e. The van der Waals surface area contributed by atoms with Crippen molar-refractivity contribution in [3.8, 4) is 0 Å². The van der Waals surface area contributed by atoms with Gasteiger partial charge in [-0.15, -0.1) is 0 Å². The molecule has 7 rings (SSSR count). The Balaban J connectivity index is 1.56. The van der Waals surface area contributed by atoms with Crippen molar-refractivity contribution < 1.29 is 33.2 Å². The molecule has 0 aromatic rings. The first-order valence-electron chi connectivity index (χ1n) is 13.6. The first kappa shape index (κ1) is 23.8. The molecule has 8 nitrogen and oxygen atoms in total. The first-order valence-corrected chi connectivity index (χ1v) is 13.6. The van der Waals surface area contributed by atoms with Crippen LogP contribution in [0.2, 0.25) is 0 Å². The highest BCUT2D eigenvalue weighted by atomic mass is 16.7. The van der Waals surface area contributed by atoms with E-state index < -0.39 is 11.2 Å². The van der Waals surface area contributed by atoms with Gasteiger partial charge >= 0.3 is 0 Å². The van der Waals surface area contributed by atoms with Gasteiger partial charge in [0.15, 0.2) is 0 Å². The lowest BCUT2D eigenvalue weighted by atomic mass is 9.42. The highest BCUT2D eigenvalue weighted by Gasteiger charge is 2.93. The molecule has 7 aliphatic rings. The summed E-state index contributed by atoms with van der Waals surface area (Å²) in [7, 11) is 9.39. The van der Waals surface area contributed by atoms with E-state index in [2.05, 4.69) is 11.8 Å². The van der Waals surface area contributed by atoms with Crippen LogP contribution < -0.4 is 0 Å². The van der Waals surface area contributed by atoms with E-state index in [-0.39, 0.29) is 53.1 Å². The quantitative estimate of drug-likeness (QED) is 0.533. The maximum atomic E-state index is 7.02. The Morgan fingerprint density at radius 2 is 1.83 bits per heavy atom. The zero-order valence-corrected chi connectivity index (χ0v) is 22.2. The van der Waals surface area contributed by atoms with E-state index in [0.717, 1.165) is 45.4 Å². The van der Waals surface area contributed by atoms with Crippen LogP contribution in [-0.2, 0) is 33.2 Å². The minimum atomic E-state index is -0.594. The van der Waals surface area contributed by atoms with Gasteiger partial charge in [-0.25, -0.2) is 0 Å². The lowest BCUT2D eigenvalue weighted by Gasteiger charge is -2.70. The van der Waals surface area contributed by atoms with Gasteiger partial charge in [-0.05, 0) is 31.7 Å². The molecule has 3 spiro atoms. The van der Waals surface area contributed by atoms with Crippen LogP contribution in [0.4, 0.5) is 0 Å². The van der Waals surface area contributed by atoms with Crippen LogP contribution in [-0.4, -0.2) is 109 Å². The zero-order chi connectivity index (χ0) is 24.4. The van der Waals surface area contributed by atoms with E-state index >= 15 is 0 Å². The van der Waals surface area contributed by atoms with Crippen molar-refractivity contribution in [2.24, 2.45) is 34.5 Å². The van der Waals surface area contributed by atoms with Gasteiger partial charge in [-0.1, -0.05) is 6.92 Å². The lowest BCUT2D eigenvalue weighted by Crippen LogP contribution is -2.81. The summed E-state index contributed by atoms with van der Waals surface area (Å²) >= 11 is 0. The minimum absolute atomic E-state index is 0.00639. The molecule has 5 aliphatic carbocycles. The summed E-state index contributed by atoms with van der Waals surface area (Å²) in [6, 6.07) is 0.167. The summed E-state index contributed by atoms with van der Waals surface area (Å²) in [6.07, 6.45) is 4.23. The van der Waals surface area contributed by atoms with E-state index in [1.54, 1.807) is 0 Å². The highest BCUT2D eigenvalue weighted by Crippen LogP contribution is 2.82. The molecule has 2 heterocycles. The molecule has 2 aliphatic heterocycles. The largest absolute Gasteiger partial charge is 0.384 e. The van der Waals surface area contributed by atoms with Gasteiger partial charge in [0.25, 0.3) is 0 Å². The van der Waals surface area contributed by atoms with E-state index in [9.17, 15) is 0 Å². The van der Waals surface area contributed by atoms with Crippen LogP contribution in [0.15, 0.2) is 0 Å². The van der Waals surface area contributed by atoms with Gasteiger partial charge in [0, 0.05) is 77.1 Å². The van der Waals surface area contributed by atoms with E-state index in [1.807, 2.05) is 35.5 Å². The van der Waals surface area contributed by atoms with Crippen LogP contribution in [0.25, 0.3) is 0 Å². The van der Waals surface area contributed by atoms with E-state index in [1.165, 1.54) is 0 Å². The Hall–Kier alpha value is -0.320. The Morgan fingerprint density at radius 3 is 2.49 bits per heavy atom. The standard InChI is InChI=1S/C27H43NO7/c1-7-28-12-24(13-29-2)9-8-18(31-4)26-16-10-15-17(30-3)11-25(19(16)20(15)32-5)27(23(26)28,35-14-34-25)22(33-6)21(24)26/h15-23H,7-14H2,1-6H3. The van der Waals surface area contributed by atoms with Gasteiger partial charge in [0.2, 0.25) is 0 Å². The van der Waals surface area contributed by atoms with Gasteiger partial charge in [-0.2, -0.15) is 0 Å². The fourth-order valence-corrected chi connectivity index (χ4v) is 12.0. The number of likely N-dealkylation sites (tertiary alicyclic amines) is 1. The summed E-state index contributed by atoms with van der Waals surface area (Å²) in [5.74, 6) is 1.25. The number of piperidine rings is 1. The average molecular weight is 494 g/mol. The molecule has 2 saturated heterocycles. The number of fused-ring (bicyclic) bond motifs is 1. The van der Waals surface area contributed by atoms with Crippen molar-refractivity contribution >= 4 is 0 Å². The summed E-state index contributed by atoms with van der Waals surface area (Å²) in [5, 5.41) is 0. The Bertz CT molecular complexity index is 874. The third kappa shape index (κ3) is 2.25. The van der Waals surface area contributed by atoms with Gasteiger partial charge in [0.1, 0.15) is 18.0 Å². The molecular weight excluding hydrogens is 450 g/mol. The first-order chi connectivity index (χ1) is 17.0. The molecule has 7 fully saturated rings. The number of hydrogen-bond acceptors (Lipinski definition) is 8. The maximum Gasteiger partial charge on any atom is 0.148 e. The summed E-state index contributed by atoms with van der Waals surface area (Å²) in [4.78, 5) is 2.71. The normalized spacial score (nSPS) is 59.7. The molecule has 7 bridgehead atoms. The Labute approximate surface area is 209 Å². The third-order valence-corrected chi connectivity index (χ3v) is 12.3. The molecule has 0 aromatic heterocycles. The molecular formula is C27H43NO7. The van der Waals surface area contributed by atoms with Gasteiger partial charge < -0.3 is 33.2 Å². The van der Waals surface area contributed by atoms with Gasteiger partial charge in [-0.3, -0.25) is 4.90 Å². The molecule has 0 amide bonds. The van der Waals surface area contributed by atoms with Crippen molar-refractivity contribution in [2.45, 2.75) is 74.3 Å². The molecule has 5 saturated carbocycles. The maximum absolute atomic E-state index is 7.02.